The largest absolute Gasteiger partial charge is 0.494 e. The number of hydrogen-bond acceptors (Lipinski definition) is 2. The van der Waals surface area contributed by atoms with E-state index in [-0.39, 0.29) is 11.2 Å². The van der Waals surface area contributed by atoms with Gasteiger partial charge < -0.3 is 10.1 Å². The van der Waals surface area contributed by atoms with Crippen molar-refractivity contribution in [1.82, 2.24) is 5.32 Å². The zero-order valence-corrected chi connectivity index (χ0v) is 11.3. The highest BCUT2D eigenvalue weighted by Gasteiger charge is 2.23. The number of likely N-dealkylation sites (N-methyl/N-ethyl adjacent to an activating group) is 1. The Morgan fingerprint density at radius 2 is 2.00 bits per heavy atom. The minimum absolute atomic E-state index is 0.144. The third-order valence-corrected chi connectivity index (χ3v) is 3.05. The second-order valence-electron chi connectivity index (χ2n) is 5.38. The van der Waals surface area contributed by atoms with Crippen LogP contribution in [0.1, 0.15) is 26.3 Å². The first kappa shape index (κ1) is 14.0. The molecular formula is C14H22FNO. The van der Waals surface area contributed by atoms with Crippen molar-refractivity contribution in [1.29, 1.82) is 0 Å². The van der Waals surface area contributed by atoms with E-state index in [0.29, 0.717) is 11.8 Å². The summed E-state index contributed by atoms with van der Waals surface area (Å²) in [4.78, 5) is 0. The third-order valence-electron chi connectivity index (χ3n) is 3.05. The highest BCUT2D eigenvalue weighted by atomic mass is 19.1. The van der Waals surface area contributed by atoms with Gasteiger partial charge in [-0.1, -0.05) is 26.8 Å². The Morgan fingerprint density at radius 3 is 2.41 bits per heavy atom. The summed E-state index contributed by atoms with van der Waals surface area (Å²) in [5, 5.41) is 3.28. The highest BCUT2D eigenvalue weighted by Crippen LogP contribution is 2.24. The molecule has 17 heavy (non-hydrogen) atoms. The molecule has 0 saturated carbocycles. The molecule has 0 aliphatic rings. The minimum Gasteiger partial charge on any atom is -0.494 e. The fourth-order valence-corrected chi connectivity index (χ4v) is 1.91. The summed E-state index contributed by atoms with van der Waals surface area (Å²) < 4.78 is 18.5. The standard InChI is InChI=1S/C14H22FNO/c1-14(2,3)13(16-4)9-10-6-7-12(17-5)11(15)8-10/h6-8,13,16H,9H2,1-5H3. The minimum atomic E-state index is -0.297. The summed E-state index contributed by atoms with van der Waals surface area (Å²) in [5.74, 6) is -0.000668. The van der Waals surface area contributed by atoms with E-state index in [1.54, 1.807) is 12.1 Å². The lowest BCUT2D eigenvalue weighted by molar-refractivity contribution is 0.279. The average molecular weight is 239 g/mol. The van der Waals surface area contributed by atoms with Gasteiger partial charge in [-0.25, -0.2) is 4.39 Å². The Labute approximate surface area is 103 Å². The van der Waals surface area contributed by atoms with Crippen molar-refractivity contribution in [2.45, 2.75) is 33.2 Å². The molecule has 1 N–H and O–H groups in total. The molecule has 1 rings (SSSR count). The van der Waals surface area contributed by atoms with Crippen LogP contribution in [0.2, 0.25) is 0 Å². The SMILES string of the molecule is CNC(Cc1ccc(OC)c(F)c1)C(C)(C)C. The van der Waals surface area contributed by atoms with E-state index in [2.05, 4.69) is 26.1 Å². The lowest BCUT2D eigenvalue weighted by Crippen LogP contribution is -2.39. The van der Waals surface area contributed by atoms with E-state index in [9.17, 15) is 4.39 Å². The Kier molecular flexibility index (Phi) is 4.52. The topological polar surface area (TPSA) is 21.3 Å². The lowest BCUT2D eigenvalue weighted by Gasteiger charge is -2.30. The lowest BCUT2D eigenvalue weighted by atomic mass is 9.83. The summed E-state index contributed by atoms with van der Waals surface area (Å²) in [6, 6.07) is 5.46. The zero-order chi connectivity index (χ0) is 13.1. The molecule has 1 aromatic carbocycles. The van der Waals surface area contributed by atoms with E-state index >= 15 is 0 Å². The summed E-state index contributed by atoms with van der Waals surface area (Å²) in [6.45, 7) is 6.52. The van der Waals surface area contributed by atoms with Crippen LogP contribution in [0, 0.1) is 11.2 Å². The predicted octanol–water partition coefficient (Wildman–Crippen LogP) is 3.01. The van der Waals surface area contributed by atoms with Crippen molar-refractivity contribution >= 4 is 0 Å². The van der Waals surface area contributed by atoms with Crippen molar-refractivity contribution < 1.29 is 9.13 Å². The molecule has 0 fully saturated rings. The second-order valence-corrected chi connectivity index (χ2v) is 5.38. The Bertz CT molecular complexity index is 371. The number of nitrogens with one attached hydrogen (secondary N) is 1. The van der Waals surface area contributed by atoms with E-state index < -0.39 is 0 Å². The smallest absolute Gasteiger partial charge is 0.165 e. The molecule has 0 bridgehead atoms. The van der Waals surface area contributed by atoms with E-state index in [1.807, 2.05) is 13.1 Å². The van der Waals surface area contributed by atoms with Crippen LogP contribution in [0.4, 0.5) is 4.39 Å². The number of rotatable bonds is 4. The Morgan fingerprint density at radius 1 is 1.35 bits per heavy atom. The zero-order valence-electron chi connectivity index (χ0n) is 11.3. The molecule has 1 aromatic rings. The van der Waals surface area contributed by atoms with E-state index in [1.165, 1.54) is 7.11 Å². The maximum atomic E-state index is 13.6. The molecule has 0 spiro atoms. The molecule has 96 valence electrons. The second kappa shape index (κ2) is 5.50. The van der Waals surface area contributed by atoms with Crippen molar-refractivity contribution in [2.75, 3.05) is 14.2 Å². The van der Waals surface area contributed by atoms with Gasteiger partial charge >= 0.3 is 0 Å². The normalized spacial score (nSPS) is 13.5. The van der Waals surface area contributed by atoms with Crippen molar-refractivity contribution in [3.05, 3.63) is 29.6 Å². The Hall–Kier alpha value is -1.09. The molecule has 3 heteroatoms. The van der Waals surface area contributed by atoms with Crippen LogP contribution in [0.5, 0.6) is 5.75 Å². The van der Waals surface area contributed by atoms with Crippen molar-refractivity contribution in [3.63, 3.8) is 0 Å². The van der Waals surface area contributed by atoms with E-state index in [4.69, 9.17) is 4.74 Å². The quantitative estimate of drug-likeness (QED) is 0.872. The van der Waals surface area contributed by atoms with Gasteiger partial charge in [-0.3, -0.25) is 0 Å². The number of benzene rings is 1. The summed E-state index contributed by atoms with van der Waals surface area (Å²) in [7, 11) is 3.42. The van der Waals surface area contributed by atoms with Gasteiger partial charge in [-0.2, -0.15) is 0 Å². The van der Waals surface area contributed by atoms with Gasteiger partial charge in [0.25, 0.3) is 0 Å². The van der Waals surface area contributed by atoms with Crippen molar-refractivity contribution in [2.24, 2.45) is 5.41 Å². The van der Waals surface area contributed by atoms with Crippen LogP contribution in [-0.4, -0.2) is 20.2 Å². The average Bonchev–Trinajstić information content (AvgIpc) is 2.24. The van der Waals surface area contributed by atoms with Gasteiger partial charge in [-0.05, 0) is 36.6 Å². The number of hydrogen-bond donors (Lipinski definition) is 1. The molecule has 1 unspecified atom stereocenters. The van der Waals surface area contributed by atoms with Crippen LogP contribution in [-0.2, 0) is 6.42 Å². The summed E-state index contributed by atoms with van der Waals surface area (Å²) in [6.07, 6.45) is 0.806. The monoisotopic (exact) mass is 239 g/mol. The third kappa shape index (κ3) is 3.70. The fourth-order valence-electron chi connectivity index (χ4n) is 1.91. The van der Waals surface area contributed by atoms with Gasteiger partial charge in [0.1, 0.15) is 0 Å². The molecule has 0 aliphatic heterocycles. The van der Waals surface area contributed by atoms with Crippen LogP contribution < -0.4 is 10.1 Å². The molecule has 0 radical (unpaired) electrons. The molecular weight excluding hydrogens is 217 g/mol. The molecule has 2 nitrogen and oxygen atoms in total. The van der Waals surface area contributed by atoms with Crippen LogP contribution >= 0.6 is 0 Å². The molecule has 0 saturated heterocycles. The van der Waals surface area contributed by atoms with Crippen LogP contribution in [0.25, 0.3) is 0 Å². The molecule has 1 atom stereocenters. The summed E-state index contributed by atoms with van der Waals surface area (Å²) >= 11 is 0. The highest BCUT2D eigenvalue weighted by molar-refractivity contribution is 5.29. The predicted molar refractivity (Wildman–Crippen MR) is 69.0 cm³/mol. The maximum Gasteiger partial charge on any atom is 0.165 e. The van der Waals surface area contributed by atoms with Crippen molar-refractivity contribution in [3.8, 4) is 5.75 Å². The van der Waals surface area contributed by atoms with Gasteiger partial charge in [0.15, 0.2) is 11.6 Å². The first-order valence-corrected chi connectivity index (χ1v) is 5.88. The molecule has 0 amide bonds. The molecule has 0 aromatic heterocycles. The van der Waals surface area contributed by atoms with E-state index in [0.717, 1.165) is 12.0 Å². The maximum absolute atomic E-state index is 13.6. The van der Waals surface area contributed by atoms with Crippen LogP contribution in [0.15, 0.2) is 18.2 Å². The number of ether oxygens (including phenoxy) is 1. The number of methoxy groups -OCH3 is 1. The first-order chi connectivity index (χ1) is 7.88. The van der Waals surface area contributed by atoms with Crippen LogP contribution in [0.3, 0.4) is 0 Å². The van der Waals surface area contributed by atoms with Gasteiger partial charge in [0.05, 0.1) is 7.11 Å². The molecule has 0 aliphatic carbocycles. The first-order valence-electron chi connectivity index (χ1n) is 5.88. The molecule has 0 heterocycles. The summed E-state index contributed by atoms with van der Waals surface area (Å²) in [5.41, 5.74) is 1.13. The van der Waals surface area contributed by atoms with Gasteiger partial charge in [-0.15, -0.1) is 0 Å². The fraction of sp³-hybridized carbons (Fsp3) is 0.571. The van der Waals surface area contributed by atoms with Gasteiger partial charge in [0, 0.05) is 6.04 Å². The number of halogens is 1. The Balaban J connectivity index is 2.84. The van der Waals surface area contributed by atoms with Gasteiger partial charge in [0.2, 0.25) is 0 Å².